The molecule has 1 aromatic heterocycles. The Morgan fingerprint density at radius 3 is 1.63 bits per heavy atom. The van der Waals surface area contributed by atoms with E-state index in [1.54, 1.807) is 0 Å². The summed E-state index contributed by atoms with van der Waals surface area (Å²) in [6.45, 7) is 20.2. The van der Waals surface area contributed by atoms with Crippen LogP contribution in [0.25, 0.3) is 21.9 Å². The second-order valence-electron chi connectivity index (χ2n) is 13.5. The maximum absolute atomic E-state index is 6.94. The number of hydrogen-bond acceptors (Lipinski definition) is 3. The molecule has 0 aliphatic heterocycles. The molecule has 0 saturated heterocycles. The summed E-state index contributed by atoms with van der Waals surface area (Å²) in [4.78, 5) is 0. The molecule has 0 fully saturated rings. The predicted octanol–water partition coefficient (Wildman–Crippen LogP) is 10.5. The predicted molar refractivity (Wildman–Crippen MR) is 189 cm³/mol. The maximum atomic E-state index is 6.94. The van der Waals surface area contributed by atoms with E-state index in [-0.39, 0.29) is 10.8 Å². The Morgan fingerprint density at radius 1 is 0.698 bits per heavy atom. The third kappa shape index (κ3) is 6.50. The molecular weight excluding hydrogens is 633 g/mol. The molecule has 3 nitrogen and oxygen atoms in total. The third-order valence-corrected chi connectivity index (χ3v) is 14.2. The number of hydrogen-bond donors (Lipinski definition) is 0. The average Bonchev–Trinajstić information content (AvgIpc) is 3.11. The van der Waals surface area contributed by atoms with Gasteiger partial charge in [-0.3, -0.25) is 0 Å². The normalized spacial score (nSPS) is 13.7. The first-order chi connectivity index (χ1) is 20.2. The summed E-state index contributed by atoms with van der Waals surface area (Å²) in [5.41, 5.74) is 4.55. The van der Waals surface area contributed by atoms with E-state index in [2.05, 4.69) is 144 Å². The van der Waals surface area contributed by atoms with Gasteiger partial charge in [0.25, 0.3) is 0 Å². The van der Waals surface area contributed by atoms with Crippen molar-refractivity contribution in [3.63, 3.8) is 0 Å². The quantitative estimate of drug-likeness (QED) is 0.133. The van der Waals surface area contributed by atoms with Crippen LogP contribution < -0.4 is 15.1 Å². The van der Waals surface area contributed by atoms with E-state index in [1.165, 1.54) is 27.6 Å². The second kappa shape index (κ2) is 12.1. The van der Waals surface area contributed by atoms with Gasteiger partial charge in [0, 0.05) is 0 Å². The Bertz CT molecular complexity index is 1790. The van der Waals surface area contributed by atoms with Gasteiger partial charge in [-0.1, -0.05) is 0 Å². The molecule has 5 aromatic rings. The first-order valence-electron chi connectivity index (χ1n) is 15.2. The molecule has 1 unspecified atom stereocenters. The van der Waals surface area contributed by atoms with Crippen LogP contribution in [-0.2, 0) is 23.7 Å². The summed E-state index contributed by atoms with van der Waals surface area (Å²) in [5, 5.41) is 4.61. The summed E-state index contributed by atoms with van der Waals surface area (Å²) in [6.07, 6.45) is 1.89. The van der Waals surface area contributed by atoms with Crippen molar-refractivity contribution in [1.82, 2.24) is 0 Å². The molecule has 4 aromatic carbocycles. The Balaban J connectivity index is 1.88. The molecule has 0 bridgehead atoms. The van der Waals surface area contributed by atoms with Crippen molar-refractivity contribution in [2.45, 2.75) is 79.1 Å². The van der Waals surface area contributed by atoms with Gasteiger partial charge >= 0.3 is 267 Å². The summed E-state index contributed by atoms with van der Waals surface area (Å²) >= 11 is 3.55. The summed E-state index contributed by atoms with van der Waals surface area (Å²) in [7, 11) is -1.83. The molecule has 0 radical (unpaired) electrons. The van der Waals surface area contributed by atoms with E-state index in [1.807, 2.05) is 12.1 Å². The molecule has 43 heavy (non-hydrogen) atoms. The van der Waals surface area contributed by atoms with E-state index < -0.39 is 13.7 Å². The van der Waals surface area contributed by atoms with Crippen molar-refractivity contribution in [2.24, 2.45) is 0 Å². The van der Waals surface area contributed by atoms with Crippen molar-refractivity contribution in [1.29, 1.82) is 0 Å². The van der Waals surface area contributed by atoms with Gasteiger partial charge in [-0.15, -0.1) is 0 Å². The molecule has 0 aliphatic carbocycles. The van der Waals surface area contributed by atoms with Crippen LogP contribution >= 0.6 is 13.7 Å². The standard InChI is InChI=1S/C37H44O3P2Se/c1-10-25-21-28-29-22-26(11-2)24-31(37(6,7)8)35(29)40-41(39-34(28)30(23-25)36(3,4)5)38-32-19-15-16-20-33(32)42(9,43)27-17-13-12-14-18-27/h12-24H,10-11H2,1-9H3. The van der Waals surface area contributed by atoms with E-state index >= 15 is 0 Å². The molecule has 6 heteroatoms. The van der Waals surface area contributed by atoms with E-state index in [4.69, 9.17) is 12.9 Å². The van der Waals surface area contributed by atoms with Crippen molar-refractivity contribution in [3.8, 4) is 5.75 Å². The number of para-hydroxylation sites is 1. The Hall–Kier alpha value is -2.47. The van der Waals surface area contributed by atoms with Crippen LogP contribution in [0, 0.1) is 0 Å². The zero-order chi connectivity index (χ0) is 31.2. The molecule has 1 heterocycles. The van der Waals surface area contributed by atoms with Crippen molar-refractivity contribution >= 4 is 61.4 Å². The van der Waals surface area contributed by atoms with Crippen LogP contribution in [0.1, 0.15) is 77.6 Å². The Kier molecular flexibility index (Phi) is 9.02. The first-order valence-corrected chi connectivity index (χ1v) is 20.7. The van der Waals surface area contributed by atoms with Crippen molar-refractivity contribution in [3.05, 3.63) is 101 Å². The SMILES string of the molecule is CCc1cc(C(C)(C)C)c2op(Oc3ccccc3P(C)(=[Se])c3ccccc3)oc3c(C(C)(C)C)cc(CC)cc3c2c1. The summed E-state index contributed by atoms with van der Waals surface area (Å²) in [5.74, 6) is 0.794. The number of aryl methyl sites for hydroxylation is 2. The number of rotatable bonds is 6. The molecule has 1 atom stereocenters. The number of benzene rings is 4. The molecule has 0 aliphatic rings. The molecule has 5 rings (SSSR count). The van der Waals surface area contributed by atoms with Crippen LogP contribution in [-0.4, -0.2) is 21.8 Å². The van der Waals surface area contributed by atoms with E-state index in [0.29, 0.717) is 0 Å². The fourth-order valence-electron chi connectivity index (χ4n) is 5.52. The van der Waals surface area contributed by atoms with Gasteiger partial charge in [-0.2, -0.15) is 0 Å². The second-order valence-corrected chi connectivity index (χ2v) is 21.9. The van der Waals surface area contributed by atoms with Crippen LogP contribution in [0.4, 0.5) is 0 Å². The molecule has 0 saturated carbocycles. The van der Waals surface area contributed by atoms with Crippen LogP contribution in [0.15, 0.2) is 87.3 Å². The van der Waals surface area contributed by atoms with Gasteiger partial charge in [0.1, 0.15) is 0 Å². The molecule has 0 amide bonds. The van der Waals surface area contributed by atoms with Gasteiger partial charge in [0.05, 0.1) is 0 Å². The van der Waals surface area contributed by atoms with Crippen molar-refractivity contribution < 1.29 is 12.9 Å². The molecule has 0 spiro atoms. The van der Waals surface area contributed by atoms with Gasteiger partial charge in [0.2, 0.25) is 0 Å². The van der Waals surface area contributed by atoms with Crippen LogP contribution in [0.2, 0.25) is 0 Å². The number of fused-ring (bicyclic) bond motifs is 3. The monoisotopic (exact) mass is 678 g/mol. The van der Waals surface area contributed by atoms with Gasteiger partial charge in [-0.05, 0) is 0 Å². The first kappa shape index (κ1) is 31.9. The average molecular weight is 678 g/mol. The van der Waals surface area contributed by atoms with E-state index in [9.17, 15) is 0 Å². The molecule has 226 valence electrons. The summed E-state index contributed by atoms with van der Waals surface area (Å²) < 4.78 is 20.7. The van der Waals surface area contributed by atoms with Gasteiger partial charge in [-0.25, -0.2) is 0 Å². The zero-order valence-electron chi connectivity index (χ0n) is 26.9. The zero-order valence-corrected chi connectivity index (χ0v) is 30.4. The molecule has 0 N–H and O–H groups in total. The van der Waals surface area contributed by atoms with Gasteiger partial charge in [0.15, 0.2) is 0 Å². The minimum absolute atomic E-state index is 0.135. The fraction of sp³-hybridized carbons (Fsp3) is 0.351. The van der Waals surface area contributed by atoms with Gasteiger partial charge < -0.3 is 0 Å². The van der Waals surface area contributed by atoms with Crippen LogP contribution in [0.3, 0.4) is 0 Å². The van der Waals surface area contributed by atoms with E-state index in [0.717, 1.165) is 45.8 Å². The molecular formula is C37H44O3P2Se. The van der Waals surface area contributed by atoms with Crippen LogP contribution in [0.5, 0.6) is 5.75 Å². The van der Waals surface area contributed by atoms with Crippen molar-refractivity contribution in [2.75, 3.05) is 6.66 Å². The minimum atomic E-state index is -1.84. The third-order valence-electron chi connectivity index (χ3n) is 8.10. The summed E-state index contributed by atoms with van der Waals surface area (Å²) in [6, 6.07) is 28.2. The Morgan fingerprint density at radius 2 is 1.16 bits per heavy atom. The fourth-order valence-corrected chi connectivity index (χ4v) is 10.4. The topological polar surface area (TPSA) is 35.5 Å². The Labute approximate surface area is 265 Å².